The Morgan fingerprint density at radius 1 is 1.10 bits per heavy atom. The number of hydrogen-bond donors (Lipinski definition) is 1. The van der Waals surface area contributed by atoms with Crippen LogP contribution in [0.15, 0.2) is 36.9 Å². The van der Waals surface area contributed by atoms with Gasteiger partial charge >= 0.3 is 23.9 Å². The van der Waals surface area contributed by atoms with Gasteiger partial charge in [-0.05, 0) is 12.1 Å². The maximum atomic E-state index is 11.8. The lowest BCUT2D eigenvalue weighted by Crippen LogP contribution is -2.17. The fraction of sp³-hybridized carbons (Fsp3) is 0.143. The second kappa shape index (κ2) is 7.59. The maximum absolute atomic E-state index is 11.8. The van der Waals surface area contributed by atoms with E-state index in [0.29, 0.717) is 0 Å². The quantitative estimate of drug-likeness (QED) is 0.476. The Morgan fingerprint density at radius 3 is 2.19 bits per heavy atom. The summed E-state index contributed by atoms with van der Waals surface area (Å²) in [5.41, 5.74) is -0.280. The molecule has 0 fully saturated rings. The molecule has 7 heteroatoms. The number of carboxylic acid groups (broad SMARTS) is 1. The number of aliphatic carboxylic acids is 1. The van der Waals surface area contributed by atoms with Crippen LogP contribution in [-0.2, 0) is 19.1 Å². The first-order chi connectivity index (χ1) is 9.95. The van der Waals surface area contributed by atoms with Gasteiger partial charge in [0.05, 0.1) is 17.5 Å². The molecule has 0 aliphatic carbocycles. The van der Waals surface area contributed by atoms with Gasteiger partial charge in [-0.15, -0.1) is 0 Å². The van der Waals surface area contributed by atoms with E-state index in [0.717, 1.165) is 6.08 Å². The Bertz CT molecular complexity index is 589. The Hall–Kier alpha value is -2.96. The van der Waals surface area contributed by atoms with Crippen LogP contribution in [0, 0.1) is 0 Å². The van der Waals surface area contributed by atoms with Crippen LogP contribution >= 0.6 is 0 Å². The molecule has 0 saturated heterocycles. The number of carboxylic acids is 1. The molecule has 1 aromatic rings. The highest BCUT2D eigenvalue weighted by atomic mass is 16.6. The topological polar surface area (TPSA) is 107 Å². The normalized spacial score (nSPS) is 9.52. The molecular weight excluding hydrogens is 280 g/mol. The molecule has 0 unspecified atom stereocenters. The molecule has 1 rings (SSSR count). The summed E-state index contributed by atoms with van der Waals surface area (Å²) < 4.78 is 9.15. The molecule has 0 heterocycles. The third-order valence-electron chi connectivity index (χ3n) is 2.28. The van der Waals surface area contributed by atoms with Gasteiger partial charge in [-0.1, -0.05) is 18.7 Å². The SMILES string of the molecule is C=CC(=O)OC(=O)c1ccccc1C(=O)OCCC(=O)O. The standard InChI is InChI=1S/C14H12O7/c1-2-12(17)21-14(19)10-6-4-3-5-9(10)13(18)20-8-7-11(15)16/h2-6H,1,7-8H2,(H,15,16). The lowest BCUT2D eigenvalue weighted by molar-refractivity contribution is -0.138. The summed E-state index contributed by atoms with van der Waals surface area (Å²) in [6, 6.07) is 5.55. The number of rotatable bonds is 6. The average molecular weight is 292 g/mol. The highest BCUT2D eigenvalue weighted by Crippen LogP contribution is 2.12. The van der Waals surface area contributed by atoms with E-state index >= 15 is 0 Å². The third-order valence-corrected chi connectivity index (χ3v) is 2.28. The number of hydrogen-bond acceptors (Lipinski definition) is 6. The number of esters is 3. The minimum Gasteiger partial charge on any atom is -0.481 e. The van der Waals surface area contributed by atoms with E-state index in [9.17, 15) is 19.2 Å². The van der Waals surface area contributed by atoms with Crippen LogP contribution in [0.2, 0.25) is 0 Å². The highest BCUT2D eigenvalue weighted by molar-refractivity contribution is 6.06. The largest absolute Gasteiger partial charge is 0.481 e. The molecule has 1 N–H and O–H groups in total. The minimum atomic E-state index is -1.12. The average Bonchev–Trinajstić information content (AvgIpc) is 2.46. The van der Waals surface area contributed by atoms with Crippen molar-refractivity contribution in [1.82, 2.24) is 0 Å². The van der Waals surface area contributed by atoms with Crippen molar-refractivity contribution < 1.29 is 33.8 Å². The van der Waals surface area contributed by atoms with E-state index in [-0.39, 0.29) is 24.2 Å². The van der Waals surface area contributed by atoms with E-state index in [1.165, 1.54) is 24.3 Å². The minimum absolute atomic E-state index is 0.121. The molecule has 0 spiro atoms. The maximum Gasteiger partial charge on any atom is 0.346 e. The van der Waals surface area contributed by atoms with Crippen LogP contribution in [0.5, 0.6) is 0 Å². The number of ether oxygens (including phenoxy) is 2. The summed E-state index contributed by atoms with van der Waals surface area (Å²) in [5.74, 6) is -3.97. The van der Waals surface area contributed by atoms with Gasteiger partial charge in [-0.3, -0.25) is 4.79 Å². The van der Waals surface area contributed by atoms with Crippen molar-refractivity contribution in [2.75, 3.05) is 6.61 Å². The van der Waals surface area contributed by atoms with Crippen molar-refractivity contribution in [3.63, 3.8) is 0 Å². The van der Waals surface area contributed by atoms with Crippen molar-refractivity contribution in [2.45, 2.75) is 6.42 Å². The van der Waals surface area contributed by atoms with Crippen molar-refractivity contribution in [2.24, 2.45) is 0 Å². The van der Waals surface area contributed by atoms with Gasteiger partial charge in [0.2, 0.25) is 0 Å². The molecule has 0 aromatic heterocycles. The number of carbonyl (C=O) groups excluding carboxylic acids is 3. The van der Waals surface area contributed by atoms with Gasteiger partial charge in [0, 0.05) is 6.08 Å². The van der Waals surface area contributed by atoms with Crippen molar-refractivity contribution in [3.8, 4) is 0 Å². The van der Waals surface area contributed by atoms with Crippen LogP contribution in [-0.4, -0.2) is 35.6 Å². The third kappa shape index (κ3) is 4.90. The van der Waals surface area contributed by atoms with Gasteiger partial charge in [0.25, 0.3) is 0 Å². The summed E-state index contributed by atoms with van der Waals surface area (Å²) in [6.45, 7) is 2.82. The van der Waals surface area contributed by atoms with Crippen LogP contribution in [0.25, 0.3) is 0 Å². The first kappa shape index (κ1) is 16.1. The highest BCUT2D eigenvalue weighted by Gasteiger charge is 2.20. The smallest absolute Gasteiger partial charge is 0.346 e. The molecule has 21 heavy (non-hydrogen) atoms. The lowest BCUT2D eigenvalue weighted by Gasteiger charge is -2.07. The molecule has 0 amide bonds. The van der Waals surface area contributed by atoms with Gasteiger partial charge in [-0.25, -0.2) is 14.4 Å². The van der Waals surface area contributed by atoms with Crippen molar-refractivity contribution in [1.29, 1.82) is 0 Å². The molecule has 0 atom stereocenters. The molecule has 0 radical (unpaired) electrons. The molecule has 110 valence electrons. The van der Waals surface area contributed by atoms with Gasteiger partial charge in [0.1, 0.15) is 6.61 Å². The summed E-state index contributed by atoms with van der Waals surface area (Å²) >= 11 is 0. The summed E-state index contributed by atoms with van der Waals surface area (Å²) in [5, 5.41) is 8.45. The Kier molecular flexibility index (Phi) is 5.81. The molecule has 0 aliphatic rings. The van der Waals surface area contributed by atoms with Crippen molar-refractivity contribution >= 4 is 23.9 Å². The molecular formula is C14H12O7. The predicted octanol–water partition coefficient (Wildman–Crippen LogP) is 1.19. The van der Waals surface area contributed by atoms with E-state index in [1.807, 2.05) is 0 Å². The summed E-state index contributed by atoms with van der Waals surface area (Å²) in [6.07, 6.45) is 0.457. The van der Waals surface area contributed by atoms with Gasteiger partial charge < -0.3 is 14.6 Å². The van der Waals surface area contributed by atoms with Crippen LogP contribution < -0.4 is 0 Å². The molecule has 0 bridgehead atoms. The fourth-order valence-electron chi connectivity index (χ4n) is 1.34. The fourth-order valence-corrected chi connectivity index (χ4v) is 1.34. The summed E-state index contributed by atoms with van der Waals surface area (Å²) in [4.78, 5) is 44.8. The van der Waals surface area contributed by atoms with Gasteiger partial charge in [0.15, 0.2) is 0 Å². The Morgan fingerprint density at radius 2 is 1.67 bits per heavy atom. The second-order valence-corrected chi connectivity index (χ2v) is 3.74. The van der Waals surface area contributed by atoms with Crippen molar-refractivity contribution in [3.05, 3.63) is 48.0 Å². The Balaban J connectivity index is 2.85. The van der Waals surface area contributed by atoms with Crippen LogP contribution in [0.3, 0.4) is 0 Å². The number of carbonyl (C=O) groups is 4. The van der Waals surface area contributed by atoms with E-state index in [4.69, 9.17) is 9.84 Å². The zero-order valence-corrected chi connectivity index (χ0v) is 10.9. The van der Waals surface area contributed by atoms with E-state index < -0.39 is 23.9 Å². The number of benzene rings is 1. The van der Waals surface area contributed by atoms with Crippen LogP contribution in [0.1, 0.15) is 27.1 Å². The molecule has 1 aromatic carbocycles. The Labute approximate surface area is 119 Å². The zero-order valence-electron chi connectivity index (χ0n) is 10.9. The lowest BCUT2D eigenvalue weighted by atomic mass is 10.1. The molecule has 0 saturated carbocycles. The monoisotopic (exact) mass is 292 g/mol. The molecule has 0 aliphatic heterocycles. The van der Waals surface area contributed by atoms with Crippen LogP contribution in [0.4, 0.5) is 0 Å². The first-order valence-electron chi connectivity index (χ1n) is 5.82. The van der Waals surface area contributed by atoms with Gasteiger partial charge in [-0.2, -0.15) is 0 Å². The first-order valence-corrected chi connectivity index (χ1v) is 5.82. The van der Waals surface area contributed by atoms with E-state index in [1.54, 1.807) is 0 Å². The zero-order chi connectivity index (χ0) is 15.8. The molecule has 7 nitrogen and oxygen atoms in total. The van der Waals surface area contributed by atoms with E-state index in [2.05, 4.69) is 11.3 Å². The predicted molar refractivity (Wildman–Crippen MR) is 69.6 cm³/mol. The second-order valence-electron chi connectivity index (χ2n) is 3.74. The summed E-state index contributed by atoms with van der Waals surface area (Å²) in [7, 11) is 0.